The molecule has 0 spiro atoms. The second kappa shape index (κ2) is 3.73. The van der Waals surface area contributed by atoms with Crippen molar-refractivity contribution in [3.8, 4) is 0 Å². The van der Waals surface area contributed by atoms with Crippen molar-refractivity contribution < 1.29 is 13.9 Å². The Morgan fingerprint density at radius 3 is 3.14 bits per heavy atom. The summed E-state index contributed by atoms with van der Waals surface area (Å²) < 4.78 is 16.5. The summed E-state index contributed by atoms with van der Waals surface area (Å²) in [5.74, 6) is 0.261. The molecule has 0 radical (unpaired) electrons. The number of rotatable bonds is 3. The van der Waals surface area contributed by atoms with E-state index >= 15 is 0 Å². The molecule has 4 heteroatoms. The van der Waals surface area contributed by atoms with E-state index in [0.717, 1.165) is 5.76 Å². The Balaban J connectivity index is 2.01. The molecule has 1 aromatic heterocycles. The van der Waals surface area contributed by atoms with Gasteiger partial charge in [0.05, 0.1) is 12.9 Å². The maximum absolute atomic E-state index is 5.74. The molecule has 14 heavy (non-hydrogen) atoms. The molecule has 2 N–H and O–H groups in total. The summed E-state index contributed by atoms with van der Waals surface area (Å²) in [5.41, 5.74) is 5.47. The molecule has 1 saturated heterocycles. The molecule has 0 bridgehead atoms. The third-order valence-corrected chi connectivity index (χ3v) is 2.39. The van der Waals surface area contributed by atoms with Crippen LogP contribution in [0.3, 0.4) is 0 Å². The summed E-state index contributed by atoms with van der Waals surface area (Å²) in [5, 5.41) is 0. The lowest BCUT2D eigenvalue weighted by atomic mass is 10.2. The van der Waals surface area contributed by atoms with Gasteiger partial charge >= 0.3 is 0 Å². The van der Waals surface area contributed by atoms with Crippen molar-refractivity contribution >= 4 is 0 Å². The Morgan fingerprint density at radius 2 is 2.50 bits per heavy atom. The van der Waals surface area contributed by atoms with Crippen LogP contribution in [-0.2, 0) is 9.47 Å². The fourth-order valence-electron chi connectivity index (χ4n) is 1.63. The van der Waals surface area contributed by atoms with Gasteiger partial charge in [-0.15, -0.1) is 0 Å². The van der Waals surface area contributed by atoms with Crippen molar-refractivity contribution in [2.24, 2.45) is 5.73 Å². The van der Waals surface area contributed by atoms with Crippen LogP contribution in [0.15, 0.2) is 22.8 Å². The first-order valence-corrected chi connectivity index (χ1v) is 4.79. The molecule has 78 valence electrons. The molecule has 2 heterocycles. The van der Waals surface area contributed by atoms with Gasteiger partial charge in [-0.1, -0.05) is 0 Å². The van der Waals surface area contributed by atoms with Gasteiger partial charge in [0, 0.05) is 6.42 Å². The normalized spacial score (nSPS) is 32.3. The zero-order chi connectivity index (χ0) is 10.0. The second-order valence-corrected chi connectivity index (χ2v) is 3.61. The van der Waals surface area contributed by atoms with Crippen LogP contribution >= 0.6 is 0 Å². The highest BCUT2D eigenvalue weighted by atomic mass is 16.7. The Hall–Kier alpha value is -0.840. The van der Waals surface area contributed by atoms with E-state index in [-0.39, 0.29) is 6.10 Å². The van der Waals surface area contributed by atoms with Crippen molar-refractivity contribution in [2.75, 3.05) is 13.2 Å². The number of hydrogen-bond donors (Lipinski definition) is 1. The Bertz CT molecular complexity index is 286. The average Bonchev–Trinajstić information content (AvgIpc) is 2.73. The molecule has 2 unspecified atom stereocenters. The highest BCUT2D eigenvalue weighted by molar-refractivity contribution is 5.04. The fourth-order valence-corrected chi connectivity index (χ4v) is 1.63. The minimum Gasteiger partial charge on any atom is -0.466 e. The van der Waals surface area contributed by atoms with E-state index in [2.05, 4.69) is 0 Å². The first kappa shape index (κ1) is 9.71. The van der Waals surface area contributed by atoms with Crippen LogP contribution in [-0.4, -0.2) is 18.9 Å². The fraction of sp³-hybridized carbons (Fsp3) is 0.600. The van der Waals surface area contributed by atoms with Crippen molar-refractivity contribution in [3.05, 3.63) is 24.2 Å². The summed E-state index contributed by atoms with van der Waals surface area (Å²) in [6.07, 6.45) is 2.24. The summed E-state index contributed by atoms with van der Waals surface area (Å²) in [6.45, 7) is 2.99. The quantitative estimate of drug-likeness (QED) is 0.796. The lowest BCUT2D eigenvalue weighted by Crippen LogP contribution is -2.28. The Labute approximate surface area is 83.0 Å². The van der Waals surface area contributed by atoms with Gasteiger partial charge in [-0.25, -0.2) is 0 Å². The van der Waals surface area contributed by atoms with Gasteiger partial charge in [-0.3, -0.25) is 0 Å². The van der Waals surface area contributed by atoms with Gasteiger partial charge in [-0.05, 0) is 25.6 Å². The van der Waals surface area contributed by atoms with E-state index in [0.29, 0.717) is 19.6 Å². The maximum atomic E-state index is 5.74. The Kier molecular flexibility index (Phi) is 2.58. The predicted octanol–water partition coefficient (Wildman–Crippen LogP) is 1.43. The smallest absolute Gasteiger partial charge is 0.167 e. The van der Waals surface area contributed by atoms with Gasteiger partial charge in [0.25, 0.3) is 0 Å². The molecule has 0 aromatic carbocycles. The average molecular weight is 197 g/mol. The minimum absolute atomic E-state index is 0.0958. The zero-order valence-electron chi connectivity index (χ0n) is 8.23. The molecule has 0 aliphatic carbocycles. The van der Waals surface area contributed by atoms with Gasteiger partial charge in [0.1, 0.15) is 11.9 Å². The van der Waals surface area contributed by atoms with Crippen LogP contribution in [0.5, 0.6) is 0 Å². The minimum atomic E-state index is -0.549. The molecule has 2 rings (SSSR count). The summed E-state index contributed by atoms with van der Waals surface area (Å²) in [4.78, 5) is 0. The van der Waals surface area contributed by atoms with Crippen molar-refractivity contribution in [2.45, 2.75) is 25.2 Å². The molecule has 1 aliphatic rings. The van der Waals surface area contributed by atoms with E-state index in [9.17, 15) is 0 Å². The summed E-state index contributed by atoms with van der Waals surface area (Å²) in [7, 11) is 0. The highest BCUT2D eigenvalue weighted by Crippen LogP contribution is 2.34. The standard InChI is InChI=1S/C10H15NO3/c1-10(4-5-11)13-7-9(14-10)8-3-2-6-12-8/h2-3,6,9H,4-5,7,11H2,1H3. The molecule has 0 saturated carbocycles. The van der Waals surface area contributed by atoms with E-state index in [1.165, 1.54) is 0 Å². The molecule has 0 amide bonds. The van der Waals surface area contributed by atoms with Gasteiger partial charge in [0.2, 0.25) is 0 Å². The molecular formula is C10H15NO3. The van der Waals surface area contributed by atoms with E-state index in [1.807, 2.05) is 19.1 Å². The largest absolute Gasteiger partial charge is 0.466 e. The van der Waals surface area contributed by atoms with Crippen molar-refractivity contribution in [3.63, 3.8) is 0 Å². The molecule has 1 fully saturated rings. The SMILES string of the molecule is CC1(CCN)OCC(c2ccco2)O1. The van der Waals surface area contributed by atoms with Gasteiger partial charge in [0.15, 0.2) is 5.79 Å². The number of furan rings is 1. The molecule has 1 aliphatic heterocycles. The molecule has 4 nitrogen and oxygen atoms in total. The molecule has 2 atom stereocenters. The van der Waals surface area contributed by atoms with Gasteiger partial charge < -0.3 is 19.6 Å². The van der Waals surface area contributed by atoms with Crippen LogP contribution in [0.1, 0.15) is 25.2 Å². The third-order valence-electron chi connectivity index (χ3n) is 2.39. The van der Waals surface area contributed by atoms with Crippen LogP contribution < -0.4 is 5.73 Å². The van der Waals surface area contributed by atoms with Crippen LogP contribution in [0.25, 0.3) is 0 Å². The van der Waals surface area contributed by atoms with Gasteiger partial charge in [-0.2, -0.15) is 0 Å². The van der Waals surface area contributed by atoms with Crippen molar-refractivity contribution in [1.29, 1.82) is 0 Å². The molecular weight excluding hydrogens is 182 g/mol. The highest BCUT2D eigenvalue weighted by Gasteiger charge is 2.38. The maximum Gasteiger partial charge on any atom is 0.167 e. The number of hydrogen-bond acceptors (Lipinski definition) is 4. The van der Waals surface area contributed by atoms with E-state index in [4.69, 9.17) is 19.6 Å². The third kappa shape index (κ3) is 1.82. The lowest BCUT2D eigenvalue weighted by molar-refractivity contribution is -0.158. The topological polar surface area (TPSA) is 57.6 Å². The van der Waals surface area contributed by atoms with Crippen molar-refractivity contribution in [1.82, 2.24) is 0 Å². The monoisotopic (exact) mass is 197 g/mol. The number of ether oxygens (including phenoxy) is 2. The first-order valence-electron chi connectivity index (χ1n) is 4.79. The van der Waals surface area contributed by atoms with E-state index < -0.39 is 5.79 Å². The van der Waals surface area contributed by atoms with Crippen LogP contribution in [0.4, 0.5) is 0 Å². The summed E-state index contributed by atoms with van der Waals surface area (Å²) in [6, 6.07) is 3.74. The van der Waals surface area contributed by atoms with E-state index in [1.54, 1.807) is 6.26 Å². The Morgan fingerprint density at radius 1 is 1.64 bits per heavy atom. The predicted molar refractivity (Wildman–Crippen MR) is 50.6 cm³/mol. The molecule has 1 aromatic rings. The number of nitrogens with two attached hydrogens (primary N) is 1. The second-order valence-electron chi connectivity index (χ2n) is 3.61. The first-order chi connectivity index (χ1) is 6.73. The van der Waals surface area contributed by atoms with Crippen LogP contribution in [0, 0.1) is 0 Å². The zero-order valence-corrected chi connectivity index (χ0v) is 8.23. The lowest BCUT2D eigenvalue weighted by Gasteiger charge is -2.21. The summed E-state index contributed by atoms with van der Waals surface area (Å²) >= 11 is 0. The van der Waals surface area contributed by atoms with Crippen LogP contribution in [0.2, 0.25) is 0 Å².